The third-order valence-electron chi connectivity index (χ3n) is 3.74. The highest BCUT2D eigenvalue weighted by Crippen LogP contribution is 2.28. The summed E-state index contributed by atoms with van der Waals surface area (Å²) in [5.41, 5.74) is 0.576. The van der Waals surface area contributed by atoms with Crippen molar-refractivity contribution in [2.75, 3.05) is 13.1 Å². The third-order valence-corrected chi connectivity index (χ3v) is 3.74. The zero-order valence-electron chi connectivity index (χ0n) is 12.0. The fraction of sp³-hybridized carbons (Fsp3) is 0.562. The first kappa shape index (κ1) is 15.0. The molecule has 4 heteroatoms. The number of hydrogen-bond donors (Lipinski definition) is 1. The van der Waals surface area contributed by atoms with Crippen LogP contribution in [0.1, 0.15) is 38.2 Å². The Morgan fingerprint density at radius 2 is 1.95 bits per heavy atom. The molecule has 0 aromatic heterocycles. The van der Waals surface area contributed by atoms with Gasteiger partial charge >= 0.3 is 5.97 Å². The zero-order chi connectivity index (χ0) is 14.4. The third kappa shape index (κ3) is 4.04. The fourth-order valence-electron chi connectivity index (χ4n) is 2.67. The minimum Gasteiger partial charge on any atom is -0.459 e. The van der Waals surface area contributed by atoms with E-state index < -0.39 is 5.60 Å². The topological polar surface area (TPSA) is 38.3 Å². The minimum atomic E-state index is -0.435. The summed E-state index contributed by atoms with van der Waals surface area (Å²) in [5, 5.41) is 3.29. The first-order chi connectivity index (χ1) is 9.63. The van der Waals surface area contributed by atoms with Crippen LogP contribution in [-0.2, 0) is 16.0 Å². The first-order valence-corrected chi connectivity index (χ1v) is 7.30. The van der Waals surface area contributed by atoms with Gasteiger partial charge in [0, 0.05) is 25.7 Å². The van der Waals surface area contributed by atoms with Gasteiger partial charge in [-0.25, -0.2) is 4.39 Å². The quantitative estimate of drug-likeness (QED) is 0.842. The van der Waals surface area contributed by atoms with Gasteiger partial charge in [-0.15, -0.1) is 0 Å². The lowest BCUT2D eigenvalue weighted by Gasteiger charge is -2.37. The van der Waals surface area contributed by atoms with Gasteiger partial charge in [0.2, 0.25) is 0 Å². The maximum Gasteiger partial charge on any atom is 0.306 e. The van der Waals surface area contributed by atoms with E-state index >= 15 is 0 Å². The van der Waals surface area contributed by atoms with Gasteiger partial charge in [-0.2, -0.15) is 0 Å². The van der Waals surface area contributed by atoms with Crippen molar-refractivity contribution >= 4 is 5.97 Å². The molecule has 1 N–H and O–H groups in total. The minimum absolute atomic E-state index is 0.128. The van der Waals surface area contributed by atoms with Gasteiger partial charge in [-0.05, 0) is 37.2 Å². The predicted octanol–water partition coefficient (Wildman–Crippen LogP) is 2.83. The van der Waals surface area contributed by atoms with Crippen LogP contribution in [0, 0.1) is 5.82 Å². The standard InChI is InChI=1S/C16H22FNO2/c1-2-3-15(19)20-16(8-10-18-11-9-16)12-13-4-6-14(17)7-5-13/h4-7,18H,2-3,8-12H2,1H3. The molecule has 0 aliphatic carbocycles. The summed E-state index contributed by atoms with van der Waals surface area (Å²) in [7, 11) is 0. The summed E-state index contributed by atoms with van der Waals surface area (Å²) in [6, 6.07) is 6.45. The molecule has 0 saturated carbocycles. The largest absolute Gasteiger partial charge is 0.459 e. The molecule has 0 amide bonds. The lowest BCUT2D eigenvalue weighted by Crippen LogP contribution is -2.46. The van der Waals surface area contributed by atoms with Crippen molar-refractivity contribution in [2.45, 2.75) is 44.6 Å². The number of ether oxygens (including phenoxy) is 1. The molecule has 0 radical (unpaired) electrons. The number of piperidine rings is 1. The van der Waals surface area contributed by atoms with E-state index in [-0.39, 0.29) is 11.8 Å². The van der Waals surface area contributed by atoms with Crippen LogP contribution in [0.15, 0.2) is 24.3 Å². The summed E-state index contributed by atoms with van der Waals surface area (Å²) in [5.74, 6) is -0.368. The van der Waals surface area contributed by atoms with Crippen LogP contribution in [0.25, 0.3) is 0 Å². The van der Waals surface area contributed by atoms with Gasteiger partial charge in [0.1, 0.15) is 11.4 Å². The van der Waals surface area contributed by atoms with Gasteiger partial charge in [-0.3, -0.25) is 4.79 Å². The van der Waals surface area contributed by atoms with Gasteiger partial charge in [0.05, 0.1) is 0 Å². The molecule has 1 aliphatic heterocycles. The van der Waals surface area contributed by atoms with Crippen LogP contribution in [-0.4, -0.2) is 24.7 Å². The molecule has 1 saturated heterocycles. The molecule has 1 aliphatic rings. The molecular weight excluding hydrogens is 257 g/mol. The normalized spacial score (nSPS) is 17.7. The molecule has 1 heterocycles. The molecule has 3 nitrogen and oxygen atoms in total. The van der Waals surface area contributed by atoms with Crippen molar-refractivity contribution in [1.82, 2.24) is 5.32 Å². The Hall–Kier alpha value is -1.42. The molecular formula is C16H22FNO2. The van der Waals surface area contributed by atoms with Crippen molar-refractivity contribution in [3.05, 3.63) is 35.6 Å². The van der Waals surface area contributed by atoms with E-state index in [1.807, 2.05) is 6.92 Å². The first-order valence-electron chi connectivity index (χ1n) is 7.30. The molecule has 0 spiro atoms. The molecule has 1 aromatic rings. The average molecular weight is 279 g/mol. The van der Waals surface area contributed by atoms with Gasteiger partial charge in [0.15, 0.2) is 0 Å². The second-order valence-electron chi connectivity index (χ2n) is 5.46. The van der Waals surface area contributed by atoms with Gasteiger partial charge in [0.25, 0.3) is 0 Å². The lowest BCUT2D eigenvalue weighted by atomic mass is 9.85. The number of hydrogen-bond acceptors (Lipinski definition) is 3. The number of halogens is 1. The highest BCUT2D eigenvalue weighted by atomic mass is 19.1. The molecule has 0 atom stereocenters. The fourth-order valence-corrected chi connectivity index (χ4v) is 2.67. The summed E-state index contributed by atoms with van der Waals surface area (Å²) >= 11 is 0. The van der Waals surface area contributed by atoms with Crippen LogP contribution in [0.5, 0.6) is 0 Å². The molecule has 20 heavy (non-hydrogen) atoms. The van der Waals surface area contributed by atoms with Gasteiger partial charge in [-0.1, -0.05) is 19.1 Å². The van der Waals surface area contributed by atoms with E-state index in [4.69, 9.17) is 4.74 Å². The smallest absolute Gasteiger partial charge is 0.306 e. The Morgan fingerprint density at radius 1 is 1.30 bits per heavy atom. The number of esters is 1. The Bertz CT molecular complexity index is 438. The number of rotatable bonds is 5. The highest BCUT2D eigenvalue weighted by molar-refractivity contribution is 5.69. The lowest BCUT2D eigenvalue weighted by molar-refractivity contribution is -0.162. The second-order valence-corrected chi connectivity index (χ2v) is 5.46. The van der Waals surface area contributed by atoms with E-state index in [0.717, 1.165) is 37.9 Å². The molecule has 1 fully saturated rings. The van der Waals surface area contributed by atoms with E-state index in [0.29, 0.717) is 12.8 Å². The SMILES string of the molecule is CCCC(=O)OC1(Cc2ccc(F)cc2)CCNCC1. The van der Waals surface area contributed by atoms with Crippen molar-refractivity contribution in [3.8, 4) is 0 Å². The summed E-state index contributed by atoms with van der Waals surface area (Å²) < 4.78 is 18.8. The number of carbonyl (C=O) groups is 1. The Kier molecular flexibility index (Phi) is 5.12. The summed E-state index contributed by atoms with van der Waals surface area (Å²) in [6.07, 6.45) is 3.52. The van der Waals surface area contributed by atoms with E-state index in [2.05, 4.69) is 5.32 Å². The summed E-state index contributed by atoms with van der Waals surface area (Å²) in [4.78, 5) is 11.9. The summed E-state index contributed by atoms with van der Waals surface area (Å²) in [6.45, 7) is 3.66. The van der Waals surface area contributed by atoms with Crippen LogP contribution < -0.4 is 5.32 Å². The van der Waals surface area contributed by atoms with Gasteiger partial charge < -0.3 is 10.1 Å². The zero-order valence-corrected chi connectivity index (χ0v) is 12.0. The molecule has 0 bridgehead atoms. The van der Waals surface area contributed by atoms with E-state index in [1.54, 1.807) is 12.1 Å². The predicted molar refractivity (Wildman–Crippen MR) is 75.9 cm³/mol. The number of benzene rings is 1. The Balaban J connectivity index is 2.09. The molecule has 110 valence electrons. The van der Waals surface area contributed by atoms with Crippen molar-refractivity contribution < 1.29 is 13.9 Å². The van der Waals surface area contributed by atoms with Crippen molar-refractivity contribution in [3.63, 3.8) is 0 Å². The van der Waals surface area contributed by atoms with Crippen molar-refractivity contribution in [1.29, 1.82) is 0 Å². The van der Waals surface area contributed by atoms with Crippen LogP contribution in [0.3, 0.4) is 0 Å². The van der Waals surface area contributed by atoms with Crippen LogP contribution in [0.4, 0.5) is 4.39 Å². The van der Waals surface area contributed by atoms with E-state index in [9.17, 15) is 9.18 Å². The van der Waals surface area contributed by atoms with Crippen LogP contribution in [0.2, 0.25) is 0 Å². The number of nitrogens with one attached hydrogen (secondary N) is 1. The average Bonchev–Trinajstić information content (AvgIpc) is 2.42. The maximum absolute atomic E-state index is 13.0. The Morgan fingerprint density at radius 3 is 2.55 bits per heavy atom. The maximum atomic E-state index is 13.0. The number of carbonyl (C=O) groups excluding carboxylic acids is 1. The van der Waals surface area contributed by atoms with E-state index in [1.165, 1.54) is 12.1 Å². The second kappa shape index (κ2) is 6.84. The molecule has 1 aromatic carbocycles. The molecule has 0 unspecified atom stereocenters. The highest BCUT2D eigenvalue weighted by Gasteiger charge is 2.35. The monoisotopic (exact) mass is 279 g/mol. The van der Waals surface area contributed by atoms with Crippen molar-refractivity contribution in [2.24, 2.45) is 0 Å². The molecule has 2 rings (SSSR count). The Labute approximate surface area is 119 Å². The van der Waals surface area contributed by atoms with Crippen LogP contribution >= 0.6 is 0 Å².